The van der Waals surface area contributed by atoms with Crippen molar-refractivity contribution in [1.82, 2.24) is 5.32 Å². The zero-order chi connectivity index (χ0) is 31.8. The number of carbonyl (C=O) groups excluding carboxylic acids is 1. The molecular formula is C37H73NO5. The first-order valence-corrected chi connectivity index (χ1v) is 18.6. The first-order chi connectivity index (χ1) is 21.0. The molecule has 256 valence electrons. The molecule has 0 bridgehead atoms. The minimum absolute atomic E-state index is 0.367. The molecule has 0 fully saturated rings. The summed E-state index contributed by atoms with van der Waals surface area (Å²) in [6.45, 7) is 3.98. The highest BCUT2D eigenvalue weighted by Crippen LogP contribution is 2.15. The molecular weight excluding hydrogens is 538 g/mol. The lowest BCUT2D eigenvalue weighted by Gasteiger charge is -2.27. The lowest BCUT2D eigenvalue weighted by Crippen LogP contribution is -2.53. The van der Waals surface area contributed by atoms with Crippen LogP contribution in [0.2, 0.25) is 0 Å². The average Bonchev–Trinajstić information content (AvgIpc) is 3.01. The van der Waals surface area contributed by atoms with Crippen molar-refractivity contribution < 1.29 is 25.2 Å². The fourth-order valence-corrected chi connectivity index (χ4v) is 5.70. The number of aliphatic hydroxyl groups is 4. The SMILES string of the molecule is CCCCCC/C=C/CCCC(O)C(O)C(CO)NC(=O)C(O)CCCCCCCCCCCCCCCCCCCC. The van der Waals surface area contributed by atoms with E-state index in [1.165, 1.54) is 122 Å². The molecule has 0 heterocycles. The molecule has 0 aromatic heterocycles. The molecule has 0 aromatic rings. The predicted molar refractivity (Wildman–Crippen MR) is 182 cm³/mol. The van der Waals surface area contributed by atoms with Crippen molar-refractivity contribution >= 4 is 5.91 Å². The molecule has 4 atom stereocenters. The molecule has 0 spiro atoms. The number of aliphatic hydroxyl groups excluding tert-OH is 4. The fraction of sp³-hybridized carbons (Fsp3) is 0.919. The zero-order valence-corrected chi connectivity index (χ0v) is 28.5. The predicted octanol–water partition coefficient (Wildman–Crippen LogP) is 8.67. The largest absolute Gasteiger partial charge is 0.394 e. The third-order valence-electron chi connectivity index (χ3n) is 8.73. The van der Waals surface area contributed by atoms with Crippen LogP contribution in [0.5, 0.6) is 0 Å². The number of nitrogens with one attached hydrogen (secondary N) is 1. The maximum atomic E-state index is 12.4. The number of unbranched alkanes of at least 4 members (excludes halogenated alkanes) is 22. The van der Waals surface area contributed by atoms with Gasteiger partial charge in [-0.15, -0.1) is 0 Å². The summed E-state index contributed by atoms with van der Waals surface area (Å²) in [6.07, 6.45) is 32.5. The zero-order valence-electron chi connectivity index (χ0n) is 28.5. The average molecular weight is 612 g/mol. The second-order valence-electron chi connectivity index (χ2n) is 12.9. The molecule has 4 unspecified atom stereocenters. The van der Waals surface area contributed by atoms with E-state index in [4.69, 9.17) is 0 Å². The smallest absolute Gasteiger partial charge is 0.249 e. The lowest BCUT2D eigenvalue weighted by molar-refractivity contribution is -0.132. The Hall–Kier alpha value is -0.950. The van der Waals surface area contributed by atoms with E-state index < -0.39 is 36.9 Å². The number of hydrogen-bond acceptors (Lipinski definition) is 5. The van der Waals surface area contributed by atoms with Gasteiger partial charge in [0.05, 0.1) is 18.8 Å². The van der Waals surface area contributed by atoms with Crippen molar-refractivity contribution in [2.24, 2.45) is 0 Å². The van der Waals surface area contributed by atoms with Gasteiger partial charge in [-0.3, -0.25) is 4.79 Å². The van der Waals surface area contributed by atoms with Gasteiger partial charge in [-0.05, 0) is 38.5 Å². The molecule has 0 aliphatic rings. The molecule has 0 rings (SSSR count). The molecule has 0 aliphatic carbocycles. The topological polar surface area (TPSA) is 110 Å². The second kappa shape index (κ2) is 32.4. The first-order valence-electron chi connectivity index (χ1n) is 18.6. The summed E-state index contributed by atoms with van der Waals surface area (Å²) < 4.78 is 0. The van der Waals surface area contributed by atoms with Crippen molar-refractivity contribution in [2.75, 3.05) is 6.61 Å². The molecule has 0 aromatic carbocycles. The number of hydrogen-bond donors (Lipinski definition) is 5. The van der Waals surface area contributed by atoms with Crippen LogP contribution in [0.15, 0.2) is 12.2 Å². The fourth-order valence-electron chi connectivity index (χ4n) is 5.70. The van der Waals surface area contributed by atoms with E-state index in [1.807, 2.05) is 0 Å². The van der Waals surface area contributed by atoms with Crippen molar-refractivity contribution in [3.05, 3.63) is 12.2 Å². The van der Waals surface area contributed by atoms with E-state index in [2.05, 4.69) is 31.3 Å². The Morgan fingerprint density at radius 2 is 0.953 bits per heavy atom. The Labute approximate surface area is 266 Å². The number of allylic oxidation sites excluding steroid dienone is 2. The van der Waals surface area contributed by atoms with Gasteiger partial charge in [0.2, 0.25) is 5.91 Å². The van der Waals surface area contributed by atoms with Gasteiger partial charge in [-0.25, -0.2) is 0 Å². The van der Waals surface area contributed by atoms with E-state index >= 15 is 0 Å². The van der Waals surface area contributed by atoms with Crippen LogP contribution in [0, 0.1) is 0 Å². The van der Waals surface area contributed by atoms with Gasteiger partial charge in [-0.1, -0.05) is 161 Å². The summed E-state index contributed by atoms with van der Waals surface area (Å²) >= 11 is 0. The quantitative estimate of drug-likeness (QED) is 0.0377. The molecule has 6 nitrogen and oxygen atoms in total. The van der Waals surface area contributed by atoms with Crippen molar-refractivity contribution in [2.45, 2.75) is 212 Å². The summed E-state index contributed by atoms with van der Waals surface area (Å²) in [6, 6.07) is -0.994. The summed E-state index contributed by atoms with van der Waals surface area (Å²) in [4.78, 5) is 12.4. The van der Waals surface area contributed by atoms with Crippen LogP contribution in [-0.4, -0.2) is 57.3 Å². The maximum absolute atomic E-state index is 12.4. The van der Waals surface area contributed by atoms with Crippen LogP contribution in [0.1, 0.15) is 187 Å². The minimum atomic E-state index is -1.27. The highest BCUT2D eigenvalue weighted by atomic mass is 16.3. The van der Waals surface area contributed by atoms with Gasteiger partial charge in [0, 0.05) is 0 Å². The maximum Gasteiger partial charge on any atom is 0.249 e. The Morgan fingerprint density at radius 1 is 0.558 bits per heavy atom. The van der Waals surface area contributed by atoms with Crippen LogP contribution in [-0.2, 0) is 4.79 Å². The molecule has 0 radical (unpaired) electrons. The third kappa shape index (κ3) is 27.1. The molecule has 0 saturated carbocycles. The second-order valence-corrected chi connectivity index (χ2v) is 12.9. The van der Waals surface area contributed by atoms with Crippen LogP contribution < -0.4 is 5.32 Å². The molecule has 5 N–H and O–H groups in total. The monoisotopic (exact) mass is 612 g/mol. The minimum Gasteiger partial charge on any atom is -0.394 e. The number of rotatable bonds is 33. The summed E-state index contributed by atoms with van der Waals surface area (Å²) in [5.74, 6) is -0.594. The van der Waals surface area contributed by atoms with Crippen molar-refractivity contribution in [3.8, 4) is 0 Å². The van der Waals surface area contributed by atoms with Crippen LogP contribution in [0.4, 0.5) is 0 Å². The van der Waals surface area contributed by atoms with E-state index in [9.17, 15) is 25.2 Å². The van der Waals surface area contributed by atoms with Gasteiger partial charge in [0.25, 0.3) is 0 Å². The molecule has 0 saturated heterocycles. The highest BCUT2D eigenvalue weighted by molar-refractivity contribution is 5.80. The number of carbonyl (C=O) groups is 1. The Balaban J connectivity index is 3.76. The van der Waals surface area contributed by atoms with E-state index in [0.29, 0.717) is 12.8 Å². The van der Waals surface area contributed by atoms with E-state index in [0.717, 1.165) is 38.5 Å². The normalized spacial score (nSPS) is 14.7. The van der Waals surface area contributed by atoms with Crippen LogP contribution >= 0.6 is 0 Å². The molecule has 0 aliphatic heterocycles. The highest BCUT2D eigenvalue weighted by Gasteiger charge is 2.28. The number of amides is 1. The van der Waals surface area contributed by atoms with Gasteiger partial charge in [0.1, 0.15) is 12.2 Å². The van der Waals surface area contributed by atoms with Crippen molar-refractivity contribution in [1.29, 1.82) is 0 Å². The van der Waals surface area contributed by atoms with E-state index in [1.54, 1.807) is 0 Å². The summed E-state index contributed by atoms with van der Waals surface area (Å²) in [7, 11) is 0. The Morgan fingerprint density at radius 3 is 1.40 bits per heavy atom. The molecule has 43 heavy (non-hydrogen) atoms. The molecule has 6 heteroatoms. The Bertz CT molecular complexity index is 614. The first kappa shape index (κ1) is 42.0. The van der Waals surface area contributed by atoms with Gasteiger partial charge in [-0.2, -0.15) is 0 Å². The lowest BCUT2D eigenvalue weighted by atomic mass is 10.00. The Kier molecular flexibility index (Phi) is 31.7. The van der Waals surface area contributed by atoms with Crippen LogP contribution in [0.3, 0.4) is 0 Å². The van der Waals surface area contributed by atoms with E-state index in [-0.39, 0.29) is 0 Å². The molecule has 1 amide bonds. The standard InChI is InChI=1S/C37H73NO5/c1-3-5-7-9-11-13-14-15-16-17-18-19-20-21-23-25-27-29-31-35(41)37(43)38-33(32-39)36(42)34(40)30-28-26-24-22-12-10-8-6-4-2/h22,24,33-36,39-42H,3-21,23,25-32H2,1-2H3,(H,38,43)/b24-22+. The van der Waals surface area contributed by atoms with Crippen LogP contribution in [0.25, 0.3) is 0 Å². The summed E-state index contributed by atoms with van der Waals surface area (Å²) in [5, 5.41) is 43.2. The summed E-state index contributed by atoms with van der Waals surface area (Å²) in [5.41, 5.74) is 0. The van der Waals surface area contributed by atoms with Crippen molar-refractivity contribution in [3.63, 3.8) is 0 Å². The third-order valence-corrected chi connectivity index (χ3v) is 8.73. The van der Waals surface area contributed by atoms with Gasteiger partial charge < -0.3 is 25.7 Å². The van der Waals surface area contributed by atoms with Gasteiger partial charge >= 0.3 is 0 Å². The van der Waals surface area contributed by atoms with Gasteiger partial charge in [0.15, 0.2) is 0 Å².